The van der Waals surface area contributed by atoms with E-state index in [1.807, 2.05) is 24.3 Å². The molecule has 21 heavy (non-hydrogen) atoms. The molecule has 0 spiro atoms. The normalized spacial score (nSPS) is 10.9. The summed E-state index contributed by atoms with van der Waals surface area (Å²) in [5.74, 6) is 0. The number of hydrogen-bond donors (Lipinski definition) is 2. The second kappa shape index (κ2) is 6.89. The first-order chi connectivity index (χ1) is 10.3. The largest absolute Gasteiger partial charge is 0.383 e. The van der Waals surface area contributed by atoms with Gasteiger partial charge >= 0.3 is 0 Å². The van der Waals surface area contributed by atoms with Gasteiger partial charge in [0.2, 0.25) is 0 Å². The minimum Gasteiger partial charge on any atom is -0.383 e. The fraction of sp³-hybridized carbons (Fsp3) is 0.188. The number of hydrogen-bond acceptors (Lipinski definition) is 4. The molecule has 0 atom stereocenters. The Kier molecular flexibility index (Phi) is 4.70. The summed E-state index contributed by atoms with van der Waals surface area (Å²) in [6.07, 6.45) is 1.81. The number of nitrogens with one attached hydrogen (secondary N) is 2. The van der Waals surface area contributed by atoms with Crippen molar-refractivity contribution in [1.82, 2.24) is 10.3 Å². The summed E-state index contributed by atoms with van der Waals surface area (Å²) in [5, 5.41) is 10.8. The molecule has 0 aliphatic heterocycles. The molecule has 0 aliphatic carbocycles. The molecule has 1 aromatic carbocycles. The number of nitrogens with zero attached hydrogens (tertiary/aromatic N) is 1. The van der Waals surface area contributed by atoms with Gasteiger partial charge < -0.3 is 10.6 Å². The van der Waals surface area contributed by atoms with Crippen molar-refractivity contribution in [3.63, 3.8) is 0 Å². The van der Waals surface area contributed by atoms with Crippen LogP contribution < -0.4 is 10.6 Å². The summed E-state index contributed by atoms with van der Waals surface area (Å²) in [7, 11) is 0. The number of thiophene rings is 1. The summed E-state index contributed by atoms with van der Waals surface area (Å²) in [5.41, 5.74) is 2.01. The van der Waals surface area contributed by atoms with Crippen molar-refractivity contribution in [2.45, 2.75) is 6.54 Å². The average molecular weight is 318 g/mol. The summed E-state index contributed by atoms with van der Waals surface area (Å²) in [4.78, 5) is 5.70. The fourth-order valence-electron chi connectivity index (χ4n) is 2.19. The quantitative estimate of drug-likeness (QED) is 0.671. The lowest BCUT2D eigenvalue weighted by Crippen LogP contribution is -2.21. The van der Waals surface area contributed by atoms with Crippen LogP contribution in [-0.4, -0.2) is 18.1 Å². The smallest absolute Gasteiger partial charge is 0.0737 e. The van der Waals surface area contributed by atoms with Crippen molar-refractivity contribution in [1.29, 1.82) is 0 Å². The van der Waals surface area contributed by atoms with E-state index in [0.29, 0.717) is 5.02 Å². The van der Waals surface area contributed by atoms with Gasteiger partial charge in [-0.15, -0.1) is 11.3 Å². The molecule has 2 aromatic heterocycles. The van der Waals surface area contributed by atoms with Crippen LogP contribution in [0, 0.1) is 0 Å². The highest BCUT2D eigenvalue weighted by atomic mass is 35.5. The topological polar surface area (TPSA) is 37.0 Å². The van der Waals surface area contributed by atoms with Crippen LogP contribution in [0.5, 0.6) is 0 Å². The maximum Gasteiger partial charge on any atom is 0.0737 e. The first kappa shape index (κ1) is 14.3. The molecule has 3 rings (SSSR count). The first-order valence-corrected chi connectivity index (χ1v) is 8.10. The molecule has 3 nitrogen and oxygen atoms in total. The Labute approximate surface area is 133 Å². The van der Waals surface area contributed by atoms with E-state index in [0.717, 1.165) is 36.2 Å². The van der Waals surface area contributed by atoms with Crippen LogP contribution in [0.1, 0.15) is 4.88 Å². The summed E-state index contributed by atoms with van der Waals surface area (Å²) in [6.45, 7) is 2.70. The third-order valence-electron chi connectivity index (χ3n) is 3.20. The molecule has 0 amide bonds. The molecule has 108 valence electrons. The van der Waals surface area contributed by atoms with Crippen molar-refractivity contribution in [3.05, 3.63) is 57.9 Å². The predicted octanol–water partition coefficient (Wildman–Crippen LogP) is 4.15. The summed E-state index contributed by atoms with van der Waals surface area (Å²) >= 11 is 7.77. The Morgan fingerprint density at radius 2 is 2.10 bits per heavy atom. The van der Waals surface area contributed by atoms with Gasteiger partial charge in [0.15, 0.2) is 0 Å². The van der Waals surface area contributed by atoms with Crippen LogP contribution >= 0.6 is 22.9 Å². The highest BCUT2D eigenvalue weighted by Gasteiger charge is 2.02. The maximum atomic E-state index is 6.00. The van der Waals surface area contributed by atoms with E-state index in [2.05, 4.69) is 33.1 Å². The van der Waals surface area contributed by atoms with E-state index in [-0.39, 0.29) is 0 Å². The number of halogens is 1. The Balaban J connectivity index is 1.55. The molecule has 0 unspecified atom stereocenters. The molecule has 3 aromatic rings. The van der Waals surface area contributed by atoms with Gasteiger partial charge in [-0.2, -0.15) is 0 Å². The van der Waals surface area contributed by atoms with Crippen molar-refractivity contribution in [2.75, 3.05) is 18.4 Å². The number of rotatable bonds is 6. The highest BCUT2D eigenvalue weighted by Crippen LogP contribution is 2.24. The van der Waals surface area contributed by atoms with Gasteiger partial charge in [0.1, 0.15) is 0 Å². The van der Waals surface area contributed by atoms with Gasteiger partial charge in [0, 0.05) is 46.8 Å². The predicted molar refractivity (Wildman–Crippen MR) is 91.3 cm³/mol. The zero-order chi connectivity index (χ0) is 14.5. The number of pyridine rings is 1. The van der Waals surface area contributed by atoms with E-state index in [1.54, 1.807) is 17.5 Å². The number of anilines is 1. The molecule has 2 heterocycles. The van der Waals surface area contributed by atoms with Gasteiger partial charge in [-0.25, -0.2) is 0 Å². The molecular formula is C16H16ClN3S. The monoisotopic (exact) mass is 317 g/mol. The molecule has 2 N–H and O–H groups in total. The highest BCUT2D eigenvalue weighted by molar-refractivity contribution is 7.09. The van der Waals surface area contributed by atoms with E-state index >= 15 is 0 Å². The Morgan fingerprint density at radius 1 is 1.14 bits per heavy atom. The molecule has 0 saturated heterocycles. The Morgan fingerprint density at radius 3 is 2.95 bits per heavy atom. The van der Waals surface area contributed by atoms with Crippen LogP contribution in [0.2, 0.25) is 5.02 Å². The van der Waals surface area contributed by atoms with Crippen molar-refractivity contribution < 1.29 is 0 Å². The number of fused-ring (bicyclic) bond motifs is 1. The van der Waals surface area contributed by atoms with Gasteiger partial charge in [0.25, 0.3) is 0 Å². The lowest BCUT2D eigenvalue weighted by atomic mass is 10.2. The van der Waals surface area contributed by atoms with Crippen molar-refractivity contribution >= 4 is 39.5 Å². The maximum absolute atomic E-state index is 6.00. The molecule has 0 bridgehead atoms. The number of aromatic nitrogens is 1. The van der Waals surface area contributed by atoms with Gasteiger partial charge in [0.05, 0.1) is 5.52 Å². The van der Waals surface area contributed by atoms with Gasteiger partial charge in [-0.1, -0.05) is 17.7 Å². The SMILES string of the molecule is Clc1ccc2c(NCCNCc3cccs3)ccnc2c1. The van der Waals surface area contributed by atoms with Gasteiger partial charge in [-0.3, -0.25) is 4.98 Å². The fourth-order valence-corrected chi connectivity index (χ4v) is 3.03. The van der Waals surface area contributed by atoms with E-state index in [4.69, 9.17) is 11.6 Å². The van der Waals surface area contributed by atoms with Crippen molar-refractivity contribution in [2.24, 2.45) is 0 Å². The zero-order valence-corrected chi connectivity index (χ0v) is 13.0. The van der Waals surface area contributed by atoms with Crippen LogP contribution in [0.4, 0.5) is 5.69 Å². The molecule has 0 aliphatic rings. The van der Waals surface area contributed by atoms with Crippen LogP contribution in [0.3, 0.4) is 0 Å². The second-order valence-corrected chi connectivity index (χ2v) is 6.17. The molecular weight excluding hydrogens is 302 g/mol. The van der Waals surface area contributed by atoms with Crippen LogP contribution in [-0.2, 0) is 6.54 Å². The third-order valence-corrected chi connectivity index (χ3v) is 4.31. The minimum absolute atomic E-state index is 0.713. The van der Waals surface area contributed by atoms with Crippen LogP contribution in [0.15, 0.2) is 48.0 Å². The first-order valence-electron chi connectivity index (χ1n) is 6.84. The lowest BCUT2D eigenvalue weighted by molar-refractivity contribution is 0.714. The summed E-state index contributed by atoms with van der Waals surface area (Å²) < 4.78 is 0. The molecule has 0 fully saturated rings. The van der Waals surface area contributed by atoms with Crippen molar-refractivity contribution in [3.8, 4) is 0 Å². The van der Waals surface area contributed by atoms with E-state index in [1.165, 1.54) is 4.88 Å². The average Bonchev–Trinajstić information content (AvgIpc) is 3.00. The second-order valence-electron chi connectivity index (χ2n) is 4.70. The Bertz CT molecular complexity index is 713. The van der Waals surface area contributed by atoms with E-state index < -0.39 is 0 Å². The zero-order valence-electron chi connectivity index (χ0n) is 11.5. The van der Waals surface area contributed by atoms with E-state index in [9.17, 15) is 0 Å². The molecule has 5 heteroatoms. The third kappa shape index (κ3) is 3.73. The number of benzene rings is 1. The standard InChI is InChI=1S/C16H16ClN3S/c17-12-3-4-14-15(5-6-19-16(14)10-12)20-8-7-18-11-13-2-1-9-21-13/h1-6,9-10,18H,7-8,11H2,(H,19,20). The lowest BCUT2D eigenvalue weighted by Gasteiger charge is -2.10. The van der Waals surface area contributed by atoms with Gasteiger partial charge in [-0.05, 0) is 35.7 Å². The molecule has 0 saturated carbocycles. The Hall–Kier alpha value is -1.62. The minimum atomic E-state index is 0.713. The van der Waals surface area contributed by atoms with Crippen LogP contribution in [0.25, 0.3) is 10.9 Å². The summed E-state index contributed by atoms with van der Waals surface area (Å²) in [6, 6.07) is 12.0. The molecule has 0 radical (unpaired) electrons.